The van der Waals surface area contributed by atoms with Crippen LogP contribution in [0.1, 0.15) is 68.9 Å². The maximum absolute atomic E-state index is 12.7. The Morgan fingerprint density at radius 2 is 1.50 bits per heavy atom. The van der Waals surface area contributed by atoms with Crippen molar-refractivity contribution in [2.24, 2.45) is 0 Å². The van der Waals surface area contributed by atoms with Gasteiger partial charge in [0.05, 0.1) is 24.2 Å². The van der Waals surface area contributed by atoms with Gasteiger partial charge in [-0.1, -0.05) is 77.4 Å². The van der Waals surface area contributed by atoms with E-state index in [2.05, 4.69) is 60.0 Å². The molecule has 0 saturated carbocycles. The Labute approximate surface area is 252 Å². The molecule has 0 aliphatic carbocycles. The molecular formula is C34H51N5O3. The molecule has 2 amide bonds. The number of nitrogens with one attached hydrogen (secondary N) is 2. The van der Waals surface area contributed by atoms with Crippen molar-refractivity contribution in [2.45, 2.75) is 61.3 Å². The Kier molecular flexibility index (Phi) is 15.6. The molecule has 8 nitrogen and oxygen atoms in total. The fourth-order valence-electron chi connectivity index (χ4n) is 4.54. The monoisotopic (exact) mass is 577 g/mol. The molecule has 0 bridgehead atoms. The summed E-state index contributed by atoms with van der Waals surface area (Å²) >= 11 is 0. The second-order valence-electron chi connectivity index (χ2n) is 10.3. The third-order valence-corrected chi connectivity index (χ3v) is 7.30. The van der Waals surface area contributed by atoms with Crippen LogP contribution in [0.25, 0.3) is 10.9 Å². The molecule has 42 heavy (non-hydrogen) atoms. The molecule has 0 saturated heterocycles. The summed E-state index contributed by atoms with van der Waals surface area (Å²) in [5.74, 6) is 0.498. The van der Waals surface area contributed by atoms with Crippen molar-refractivity contribution in [1.82, 2.24) is 20.1 Å². The molecule has 8 heteroatoms. The minimum absolute atomic E-state index is 0.0612. The Balaban J connectivity index is 0.000000317. The number of likely N-dealkylation sites (N-methyl/N-ethyl adjacent to an activating group) is 2. The van der Waals surface area contributed by atoms with Crippen molar-refractivity contribution < 1.29 is 14.3 Å². The van der Waals surface area contributed by atoms with Crippen molar-refractivity contribution in [3.05, 3.63) is 65.2 Å². The average Bonchev–Trinajstić information content (AvgIpc) is 3.00. The Morgan fingerprint density at radius 3 is 2.12 bits per heavy atom. The number of anilines is 1. The van der Waals surface area contributed by atoms with E-state index >= 15 is 0 Å². The SMILES string of the molecule is CCCCOc1cc(C(=O)NCCN(CC)CC)c2ccccc2n1.CCN(CC)CC(=O)Nc1c(C)cccc1C. The van der Waals surface area contributed by atoms with E-state index in [1.165, 1.54) is 0 Å². The fraction of sp³-hybridized carbons (Fsp3) is 0.500. The number of para-hydroxylation sites is 2. The first-order valence-corrected chi connectivity index (χ1v) is 15.4. The first kappa shape index (κ1) is 34.7. The minimum atomic E-state index is -0.0777. The predicted molar refractivity (Wildman–Crippen MR) is 175 cm³/mol. The van der Waals surface area contributed by atoms with E-state index in [4.69, 9.17) is 4.74 Å². The lowest BCUT2D eigenvalue weighted by Crippen LogP contribution is -2.34. The topological polar surface area (TPSA) is 86.8 Å². The molecule has 0 aliphatic rings. The van der Waals surface area contributed by atoms with Crippen LogP contribution >= 0.6 is 0 Å². The van der Waals surface area contributed by atoms with Crippen LogP contribution in [0.15, 0.2) is 48.5 Å². The summed E-state index contributed by atoms with van der Waals surface area (Å²) in [5, 5.41) is 6.87. The molecule has 2 aromatic carbocycles. The van der Waals surface area contributed by atoms with Gasteiger partial charge in [0.15, 0.2) is 0 Å². The van der Waals surface area contributed by atoms with Gasteiger partial charge < -0.3 is 20.3 Å². The van der Waals surface area contributed by atoms with E-state index in [1.807, 2.05) is 56.3 Å². The maximum Gasteiger partial charge on any atom is 0.252 e. The van der Waals surface area contributed by atoms with E-state index < -0.39 is 0 Å². The van der Waals surface area contributed by atoms with Crippen LogP contribution in [0, 0.1) is 13.8 Å². The van der Waals surface area contributed by atoms with E-state index in [0.29, 0.717) is 31.1 Å². The highest BCUT2D eigenvalue weighted by atomic mass is 16.5. The summed E-state index contributed by atoms with van der Waals surface area (Å²) in [6.45, 7) is 20.9. The Morgan fingerprint density at radius 1 is 0.857 bits per heavy atom. The summed E-state index contributed by atoms with van der Waals surface area (Å²) in [6.07, 6.45) is 2.03. The quantitative estimate of drug-likeness (QED) is 0.213. The van der Waals surface area contributed by atoms with Gasteiger partial charge in [0.2, 0.25) is 11.8 Å². The molecule has 0 spiro atoms. The van der Waals surface area contributed by atoms with Gasteiger partial charge >= 0.3 is 0 Å². The molecule has 3 aromatic rings. The number of hydrogen-bond donors (Lipinski definition) is 2. The molecule has 0 fully saturated rings. The van der Waals surface area contributed by atoms with Gasteiger partial charge in [-0.05, 0) is 63.6 Å². The molecule has 0 atom stereocenters. The van der Waals surface area contributed by atoms with Crippen molar-refractivity contribution in [3.63, 3.8) is 0 Å². The largest absolute Gasteiger partial charge is 0.478 e. The Bertz CT molecular complexity index is 1230. The fourth-order valence-corrected chi connectivity index (χ4v) is 4.54. The van der Waals surface area contributed by atoms with Crippen LogP contribution in [-0.2, 0) is 4.79 Å². The van der Waals surface area contributed by atoms with Gasteiger partial charge in [0.1, 0.15) is 0 Å². The number of nitrogens with zero attached hydrogens (tertiary/aromatic N) is 3. The zero-order valence-electron chi connectivity index (χ0n) is 26.8. The number of carbonyl (C=O) groups excluding carboxylic acids is 2. The third kappa shape index (κ3) is 11.1. The number of pyridine rings is 1. The number of aryl methyl sites for hydroxylation is 2. The first-order valence-electron chi connectivity index (χ1n) is 15.4. The van der Waals surface area contributed by atoms with Crippen molar-refractivity contribution in [2.75, 3.05) is 57.7 Å². The predicted octanol–water partition coefficient (Wildman–Crippen LogP) is 6.07. The molecule has 0 aliphatic heterocycles. The number of amides is 2. The van der Waals surface area contributed by atoms with Gasteiger partial charge in [-0.15, -0.1) is 0 Å². The van der Waals surface area contributed by atoms with Crippen LogP contribution in [0.2, 0.25) is 0 Å². The van der Waals surface area contributed by atoms with Crippen LogP contribution in [0.5, 0.6) is 5.88 Å². The van der Waals surface area contributed by atoms with Gasteiger partial charge in [0, 0.05) is 30.2 Å². The highest BCUT2D eigenvalue weighted by molar-refractivity contribution is 6.06. The lowest BCUT2D eigenvalue weighted by molar-refractivity contribution is -0.117. The summed E-state index contributed by atoms with van der Waals surface area (Å²) in [4.78, 5) is 33.5. The molecule has 3 rings (SSSR count). The lowest BCUT2D eigenvalue weighted by atomic mass is 10.1. The van der Waals surface area contributed by atoms with Gasteiger partial charge in [0.25, 0.3) is 5.91 Å². The molecule has 0 unspecified atom stereocenters. The summed E-state index contributed by atoms with van der Waals surface area (Å²) in [6, 6.07) is 15.5. The van der Waals surface area contributed by atoms with E-state index in [0.717, 1.165) is 73.3 Å². The highest BCUT2D eigenvalue weighted by Gasteiger charge is 2.14. The normalized spacial score (nSPS) is 10.9. The second-order valence-corrected chi connectivity index (χ2v) is 10.3. The van der Waals surface area contributed by atoms with Gasteiger partial charge in [-0.2, -0.15) is 0 Å². The number of hydrogen-bond acceptors (Lipinski definition) is 6. The summed E-state index contributed by atoms with van der Waals surface area (Å²) < 4.78 is 5.72. The van der Waals surface area contributed by atoms with Crippen LogP contribution in [0.4, 0.5) is 5.69 Å². The van der Waals surface area contributed by atoms with Gasteiger partial charge in [-0.3, -0.25) is 14.5 Å². The van der Waals surface area contributed by atoms with Crippen molar-refractivity contribution >= 4 is 28.4 Å². The number of aromatic nitrogens is 1. The average molecular weight is 578 g/mol. The van der Waals surface area contributed by atoms with Crippen molar-refractivity contribution in [3.8, 4) is 5.88 Å². The maximum atomic E-state index is 12.7. The van der Waals surface area contributed by atoms with Crippen LogP contribution < -0.4 is 15.4 Å². The standard InChI is InChI=1S/C20H29N3O2.C14H22N2O/c1-4-7-14-25-19-15-17(16-10-8-9-11-18(16)22-19)20(24)21-12-13-23(5-2)6-3;1-5-16(6-2)10-13(17)15-14-11(3)8-7-9-12(14)4/h8-11,15H,4-7,12-14H2,1-3H3,(H,21,24);7-9H,5-6,10H2,1-4H3,(H,15,17). The summed E-state index contributed by atoms with van der Waals surface area (Å²) in [5.41, 5.74) is 4.57. The highest BCUT2D eigenvalue weighted by Crippen LogP contribution is 2.22. The molecule has 2 N–H and O–H groups in total. The molecule has 1 aromatic heterocycles. The zero-order chi connectivity index (χ0) is 30.9. The molecule has 0 radical (unpaired) electrons. The van der Waals surface area contributed by atoms with Crippen LogP contribution in [0.3, 0.4) is 0 Å². The number of benzene rings is 2. The molecule has 230 valence electrons. The van der Waals surface area contributed by atoms with E-state index in [-0.39, 0.29) is 11.8 Å². The third-order valence-electron chi connectivity index (χ3n) is 7.30. The molecular weight excluding hydrogens is 526 g/mol. The van der Waals surface area contributed by atoms with E-state index in [1.54, 1.807) is 6.07 Å². The smallest absolute Gasteiger partial charge is 0.252 e. The summed E-state index contributed by atoms with van der Waals surface area (Å²) in [7, 11) is 0. The van der Waals surface area contributed by atoms with Crippen molar-refractivity contribution in [1.29, 1.82) is 0 Å². The number of carbonyl (C=O) groups is 2. The molecule has 1 heterocycles. The number of rotatable bonds is 15. The number of fused-ring (bicyclic) bond motifs is 1. The van der Waals surface area contributed by atoms with Crippen LogP contribution in [-0.4, -0.2) is 79.0 Å². The number of ether oxygens (including phenoxy) is 1. The first-order chi connectivity index (χ1) is 20.3. The second kappa shape index (κ2) is 18.8. The van der Waals surface area contributed by atoms with Gasteiger partial charge in [-0.25, -0.2) is 4.98 Å². The minimum Gasteiger partial charge on any atom is -0.478 e. The lowest BCUT2D eigenvalue weighted by Gasteiger charge is -2.18. The zero-order valence-corrected chi connectivity index (χ0v) is 26.8. The number of unbranched alkanes of at least 4 members (excludes halogenated alkanes) is 1. The van der Waals surface area contributed by atoms with E-state index in [9.17, 15) is 9.59 Å². The Hall–Kier alpha value is -3.49.